The Bertz CT molecular complexity index is 153. The molecule has 0 N–H and O–H groups in total. The summed E-state index contributed by atoms with van der Waals surface area (Å²) in [5.74, 6) is -0.600. The van der Waals surface area contributed by atoms with Gasteiger partial charge in [0.1, 0.15) is 0 Å². The molecule has 0 fully saturated rings. The molecule has 0 saturated heterocycles. The van der Waals surface area contributed by atoms with Crippen LogP contribution in [0.3, 0.4) is 0 Å². The fourth-order valence-electron chi connectivity index (χ4n) is 0.409. The lowest BCUT2D eigenvalue weighted by molar-refractivity contribution is -0.128. The molecular formula is C6H11O3P. The van der Waals surface area contributed by atoms with Gasteiger partial charge in [0.25, 0.3) is 0 Å². The Balaban J connectivity index is 3.57. The fourth-order valence-corrected chi connectivity index (χ4v) is 1.23. The molecule has 1 unspecified atom stereocenters. The van der Waals surface area contributed by atoms with Gasteiger partial charge in [-0.15, -0.1) is 0 Å². The zero-order valence-electron chi connectivity index (χ0n) is 5.92. The lowest BCUT2D eigenvalue weighted by atomic mass is 10.6. The van der Waals surface area contributed by atoms with Crippen molar-refractivity contribution in [3.63, 3.8) is 0 Å². The Morgan fingerprint density at radius 2 is 2.40 bits per heavy atom. The number of hydrogen-bond acceptors (Lipinski definition) is 3. The first kappa shape index (κ1) is 9.44. The maximum Gasteiger partial charge on any atom is 0.335 e. The van der Waals surface area contributed by atoms with Crippen molar-refractivity contribution >= 4 is 14.0 Å². The van der Waals surface area contributed by atoms with E-state index in [0.29, 0.717) is 6.16 Å². The van der Waals surface area contributed by atoms with Crippen LogP contribution in [0.15, 0.2) is 12.7 Å². The molecule has 0 aromatic rings. The molecule has 0 bridgehead atoms. The molecule has 0 rings (SSSR count). The van der Waals surface area contributed by atoms with Crippen molar-refractivity contribution in [1.29, 1.82) is 0 Å². The van der Waals surface area contributed by atoms with Crippen LogP contribution in [0.4, 0.5) is 0 Å². The van der Waals surface area contributed by atoms with E-state index in [1.807, 2.05) is 6.92 Å². The molecule has 58 valence electrons. The van der Waals surface area contributed by atoms with Gasteiger partial charge in [0, 0.05) is 12.2 Å². The maximum atomic E-state index is 10.7. The summed E-state index contributed by atoms with van der Waals surface area (Å²) in [6.45, 7) is 5.06. The topological polar surface area (TPSA) is 43.4 Å². The third kappa shape index (κ3) is 4.33. The normalized spacial score (nSPS) is 12.1. The third-order valence-electron chi connectivity index (χ3n) is 0.835. The van der Waals surface area contributed by atoms with Gasteiger partial charge in [0.05, 0.1) is 0 Å². The van der Waals surface area contributed by atoms with E-state index in [-0.39, 0.29) is 0 Å². The van der Waals surface area contributed by atoms with Gasteiger partial charge in [-0.2, -0.15) is 0 Å². The maximum absolute atomic E-state index is 10.7. The van der Waals surface area contributed by atoms with Crippen LogP contribution in [0.2, 0.25) is 0 Å². The summed E-state index contributed by atoms with van der Waals surface area (Å²) >= 11 is 0. The van der Waals surface area contributed by atoms with Gasteiger partial charge < -0.3 is 4.52 Å². The highest BCUT2D eigenvalue weighted by atomic mass is 31.1. The lowest BCUT2D eigenvalue weighted by Crippen LogP contribution is -1.92. The van der Waals surface area contributed by atoms with Crippen LogP contribution in [0.1, 0.15) is 13.3 Å². The SMILES string of the molecule is C=CC(=O)O[PH](=O)CCC. The van der Waals surface area contributed by atoms with E-state index in [1.54, 1.807) is 0 Å². The second kappa shape index (κ2) is 5.24. The smallest absolute Gasteiger partial charge is 0.335 e. The van der Waals surface area contributed by atoms with Gasteiger partial charge >= 0.3 is 5.97 Å². The number of carbonyl (C=O) groups is 1. The minimum Gasteiger partial charge on any atom is -0.411 e. The molecule has 0 saturated carbocycles. The summed E-state index contributed by atoms with van der Waals surface area (Å²) in [5.41, 5.74) is 0. The largest absolute Gasteiger partial charge is 0.411 e. The number of carbonyl (C=O) groups excluding carboxylic acids is 1. The zero-order valence-corrected chi connectivity index (χ0v) is 6.92. The van der Waals surface area contributed by atoms with Gasteiger partial charge in [-0.25, -0.2) is 4.79 Å². The van der Waals surface area contributed by atoms with E-state index >= 15 is 0 Å². The Hall–Kier alpha value is -0.560. The lowest BCUT2D eigenvalue weighted by Gasteiger charge is -1.97. The van der Waals surface area contributed by atoms with Crippen molar-refractivity contribution in [3.05, 3.63) is 12.7 Å². The monoisotopic (exact) mass is 162 g/mol. The highest BCUT2D eigenvalue weighted by Gasteiger charge is 2.01. The summed E-state index contributed by atoms with van der Waals surface area (Å²) < 4.78 is 15.1. The van der Waals surface area contributed by atoms with Crippen molar-refractivity contribution in [3.8, 4) is 0 Å². The zero-order chi connectivity index (χ0) is 7.98. The van der Waals surface area contributed by atoms with Crippen LogP contribution >= 0.6 is 8.03 Å². The molecule has 0 aromatic heterocycles. The Morgan fingerprint density at radius 3 is 2.80 bits per heavy atom. The molecule has 0 aromatic carbocycles. The first-order chi connectivity index (χ1) is 4.70. The summed E-state index contributed by atoms with van der Waals surface area (Å²) in [7, 11) is -2.12. The van der Waals surface area contributed by atoms with E-state index in [2.05, 4.69) is 11.1 Å². The molecule has 0 aliphatic heterocycles. The molecule has 4 heteroatoms. The minimum absolute atomic E-state index is 0.463. The van der Waals surface area contributed by atoms with Crippen LogP contribution in [0.25, 0.3) is 0 Å². The van der Waals surface area contributed by atoms with Crippen LogP contribution < -0.4 is 0 Å². The average Bonchev–Trinajstić information content (AvgIpc) is 1.88. The minimum atomic E-state index is -2.12. The fraction of sp³-hybridized carbons (Fsp3) is 0.500. The molecule has 0 aliphatic carbocycles. The van der Waals surface area contributed by atoms with Gasteiger partial charge in [-0.3, -0.25) is 4.57 Å². The molecule has 1 atom stereocenters. The Labute approximate surface area is 60.9 Å². The van der Waals surface area contributed by atoms with Gasteiger partial charge in [-0.05, 0) is 6.42 Å². The van der Waals surface area contributed by atoms with E-state index in [1.165, 1.54) is 0 Å². The van der Waals surface area contributed by atoms with Gasteiger partial charge in [-0.1, -0.05) is 13.5 Å². The summed E-state index contributed by atoms with van der Waals surface area (Å²) in [4.78, 5) is 10.4. The molecular weight excluding hydrogens is 151 g/mol. The standard InChI is InChI=1S/C6H11O3P/c1-3-5-10(8)9-6(7)4-2/h4,10H,2-3,5H2,1H3. The first-order valence-corrected chi connectivity index (χ1v) is 4.60. The molecule has 0 heterocycles. The molecule has 0 spiro atoms. The van der Waals surface area contributed by atoms with E-state index < -0.39 is 14.0 Å². The van der Waals surface area contributed by atoms with Crippen molar-refractivity contribution in [2.24, 2.45) is 0 Å². The van der Waals surface area contributed by atoms with Crippen molar-refractivity contribution in [2.45, 2.75) is 13.3 Å². The number of hydrogen-bond donors (Lipinski definition) is 0. The predicted molar refractivity (Wildman–Crippen MR) is 40.4 cm³/mol. The van der Waals surface area contributed by atoms with Gasteiger partial charge in [0.15, 0.2) is 0 Å². The molecule has 10 heavy (non-hydrogen) atoms. The van der Waals surface area contributed by atoms with Crippen LogP contribution in [-0.4, -0.2) is 12.1 Å². The number of rotatable bonds is 4. The van der Waals surface area contributed by atoms with Gasteiger partial charge in [0.2, 0.25) is 8.03 Å². The summed E-state index contributed by atoms with van der Waals surface area (Å²) in [5, 5.41) is 0. The summed E-state index contributed by atoms with van der Waals surface area (Å²) in [6, 6.07) is 0. The molecule has 0 aliphatic rings. The predicted octanol–water partition coefficient (Wildman–Crippen LogP) is 1.60. The second-order valence-electron chi connectivity index (χ2n) is 1.75. The second-order valence-corrected chi connectivity index (χ2v) is 3.20. The van der Waals surface area contributed by atoms with E-state index in [4.69, 9.17) is 0 Å². The van der Waals surface area contributed by atoms with Crippen molar-refractivity contribution < 1.29 is 13.9 Å². The quantitative estimate of drug-likeness (QED) is 0.465. The van der Waals surface area contributed by atoms with E-state index in [0.717, 1.165) is 12.5 Å². The average molecular weight is 162 g/mol. The van der Waals surface area contributed by atoms with Crippen LogP contribution in [0, 0.1) is 0 Å². The van der Waals surface area contributed by atoms with Crippen LogP contribution in [-0.2, 0) is 13.9 Å². The Morgan fingerprint density at radius 1 is 1.80 bits per heavy atom. The molecule has 3 nitrogen and oxygen atoms in total. The highest BCUT2D eigenvalue weighted by Crippen LogP contribution is 2.22. The third-order valence-corrected chi connectivity index (χ3v) is 2.17. The van der Waals surface area contributed by atoms with Crippen molar-refractivity contribution in [1.82, 2.24) is 0 Å². The first-order valence-electron chi connectivity index (χ1n) is 3.07. The molecule has 0 amide bonds. The Kier molecular flexibility index (Phi) is 4.95. The molecule has 0 radical (unpaired) electrons. The highest BCUT2D eigenvalue weighted by molar-refractivity contribution is 7.39. The van der Waals surface area contributed by atoms with Crippen molar-refractivity contribution in [2.75, 3.05) is 6.16 Å². The van der Waals surface area contributed by atoms with E-state index in [9.17, 15) is 9.36 Å². The summed E-state index contributed by atoms with van der Waals surface area (Å²) in [6.07, 6.45) is 2.24. The van der Waals surface area contributed by atoms with Crippen LogP contribution in [0.5, 0.6) is 0 Å².